The second-order valence-electron chi connectivity index (χ2n) is 15.5. The monoisotopic (exact) mass is 680 g/mol. The molecular weight excluding hydrogens is 590 g/mol. The Morgan fingerprint density at radius 3 is 0.938 bits per heavy atom. The molecule has 0 rings (SSSR count). The summed E-state index contributed by atoms with van der Waals surface area (Å²) in [7, 11) is 0. The lowest BCUT2D eigenvalue weighted by Gasteiger charge is -2.22. The standard InChI is InChI=1S/C44H89NO3/c1-3-5-7-9-11-13-14-15-16-17-18-19-20-21-22-23-24-25-26-27-28-29-30-32-34-36-38-40-44(48)45-42(41-46)43(47)39-37-35-33-31-12-10-8-6-4-2/h42-43,46-47H,3-41H2,1-2H3,(H,45,48)/t42-,43+/m0/s1. The summed E-state index contributed by atoms with van der Waals surface area (Å²) >= 11 is 0. The van der Waals surface area contributed by atoms with Crippen LogP contribution in [0.5, 0.6) is 0 Å². The molecule has 2 atom stereocenters. The van der Waals surface area contributed by atoms with Crippen LogP contribution in [0.3, 0.4) is 0 Å². The van der Waals surface area contributed by atoms with Crippen LogP contribution in [0.2, 0.25) is 0 Å². The molecule has 288 valence electrons. The van der Waals surface area contributed by atoms with Crippen molar-refractivity contribution in [3.8, 4) is 0 Å². The van der Waals surface area contributed by atoms with Crippen molar-refractivity contribution in [1.29, 1.82) is 0 Å². The molecule has 4 heteroatoms. The number of hydrogen-bond donors (Lipinski definition) is 3. The van der Waals surface area contributed by atoms with Crippen molar-refractivity contribution in [3.05, 3.63) is 0 Å². The normalized spacial score (nSPS) is 12.8. The molecule has 48 heavy (non-hydrogen) atoms. The number of aliphatic hydroxyl groups is 2. The second kappa shape index (κ2) is 40.8. The van der Waals surface area contributed by atoms with Gasteiger partial charge in [0, 0.05) is 6.42 Å². The van der Waals surface area contributed by atoms with Gasteiger partial charge in [-0.1, -0.05) is 239 Å². The first-order valence-electron chi connectivity index (χ1n) is 22.2. The van der Waals surface area contributed by atoms with Crippen LogP contribution in [0, 0.1) is 0 Å². The van der Waals surface area contributed by atoms with E-state index in [1.807, 2.05) is 0 Å². The first-order chi connectivity index (χ1) is 23.7. The van der Waals surface area contributed by atoms with E-state index in [4.69, 9.17) is 0 Å². The summed E-state index contributed by atoms with van der Waals surface area (Å²) in [5.74, 6) is -0.0280. The van der Waals surface area contributed by atoms with Crippen molar-refractivity contribution in [1.82, 2.24) is 5.32 Å². The smallest absolute Gasteiger partial charge is 0.220 e. The van der Waals surface area contributed by atoms with E-state index in [1.165, 1.54) is 205 Å². The molecule has 0 aliphatic rings. The SMILES string of the molecule is CCCCCCCCCCCCCCCCCCCCCCCCCCCCCC(=O)N[C@@H](CO)[C@H](O)CCCCCCCCCCC. The molecule has 0 spiro atoms. The minimum atomic E-state index is -0.651. The fourth-order valence-electron chi connectivity index (χ4n) is 7.19. The Kier molecular flexibility index (Phi) is 40.3. The highest BCUT2D eigenvalue weighted by Gasteiger charge is 2.20. The third kappa shape index (κ3) is 36.7. The predicted molar refractivity (Wildman–Crippen MR) is 212 cm³/mol. The van der Waals surface area contributed by atoms with Crippen molar-refractivity contribution in [2.75, 3.05) is 6.61 Å². The summed E-state index contributed by atoms with van der Waals surface area (Å²) in [6.45, 7) is 4.36. The molecule has 0 aromatic carbocycles. The number of amides is 1. The lowest BCUT2D eigenvalue weighted by atomic mass is 10.0. The Bertz CT molecular complexity index is 612. The highest BCUT2D eigenvalue weighted by atomic mass is 16.3. The summed E-state index contributed by atoms with van der Waals surface area (Å²) in [6, 6.07) is -0.527. The van der Waals surface area contributed by atoms with E-state index in [2.05, 4.69) is 19.2 Å². The second-order valence-corrected chi connectivity index (χ2v) is 15.5. The number of rotatable bonds is 41. The van der Waals surface area contributed by atoms with Crippen LogP contribution in [0.4, 0.5) is 0 Å². The van der Waals surface area contributed by atoms with Crippen LogP contribution in [-0.2, 0) is 4.79 Å². The number of carbonyl (C=O) groups excluding carboxylic acids is 1. The van der Waals surface area contributed by atoms with E-state index >= 15 is 0 Å². The summed E-state index contributed by atoms with van der Waals surface area (Å²) in [5.41, 5.74) is 0. The molecule has 0 saturated carbocycles. The Morgan fingerprint density at radius 1 is 0.417 bits per heavy atom. The topological polar surface area (TPSA) is 69.6 Å². The summed E-state index contributed by atoms with van der Waals surface area (Å²) in [5, 5.41) is 23.0. The Morgan fingerprint density at radius 2 is 0.667 bits per heavy atom. The number of unbranched alkanes of at least 4 members (excludes halogenated alkanes) is 34. The summed E-state index contributed by atoms with van der Waals surface area (Å²) < 4.78 is 0. The van der Waals surface area contributed by atoms with Crippen molar-refractivity contribution in [2.45, 2.75) is 270 Å². The van der Waals surface area contributed by atoms with E-state index < -0.39 is 12.1 Å². The molecule has 0 fully saturated rings. The first-order valence-corrected chi connectivity index (χ1v) is 22.2. The minimum absolute atomic E-state index is 0.0280. The zero-order valence-electron chi connectivity index (χ0n) is 33.0. The third-order valence-electron chi connectivity index (χ3n) is 10.6. The van der Waals surface area contributed by atoms with E-state index in [1.54, 1.807) is 0 Å². The first kappa shape index (κ1) is 47.4. The maximum atomic E-state index is 12.3. The maximum Gasteiger partial charge on any atom is 0.220 e. The molecular formula is C44H89NO3. The number of carbonyl (C=O) groups is 1. The Balaban J connectivity index is 3.36. The number of nitrogens with one attached hydrogen (secondary N) is 1. The number of hydrogen-bond acceptors (Lipinski definition) is 3. The number of aliphatic hydroxyl groups excluding tert-OH is 2. The molecule has 1 amide bonds. The van der Waals surface area contributed by atoms with Crippen LogP contribution in [0.1, 0.15) is 258 Å². The van der Waals surface area contributed by atoms with Crippen molar-refractivity contribution >= 4 is 5.91 Å². The van der Waals surface area contributed by atoms with Gasteiger partial charge in [0.1, 0.15) is 0 Å². The maximum absolute atomic E-state index is 12.3. The van der Waals surface area contributed by atoms with Gasteiger partial charge in [-0.3, -0.25) is 4.79 Å². The molecule has 0 unspecified atom stereocenters. The average molecular weight is 680 g/mol. The molecule has 4 nitrogen and oxygen atoms in total. The summed E-state index contributed by atoms with van der Waals surface area (Å²) in [6.07, 6.45) is 49.2. The van der Waals surface area contributed by atoms with Crippen molar-refractivity contribution < 1.29 is 15.0 Å². The third-order valence-corrected chi connectivity index (χ3v) is 10.6. The van der Waals surface area contributed by atoms with Crippen molar-refractivity contribution in [3.63, 3.8) is 0 Å². The van der Waals surface area contributed by atoms with E-state index in [0.717, 1.165) is 25.7 Å². The summed E-state index contributed by atoms with van der Waals surface area (Å²) in [4.78, 5) is 12.3. The van der Waals surface area contributed by atoms with Gasteiger partial charge in [0.15, 0.2) is 0 Å². The van der Waals surface area contributed by atoms with Crippen LogP contribution < -0.4 is 5.32 Å². The molecule has 0 heterocycles. The van der Waals surface area contributed by atoms with Gasteiger partial charge in [-0.15, -0.1) is 0 Å². The van der Waals surface area contributed by atoms with Crippen LogP contribution in [0.25, 0.3) is 0 Å². The van der Waals surface area contributed by atoms with Gasteiger partial charge in [0.2, 0.25) is 5.91 Å². The minimum Gasteiger partial charge on any atom is -0.394 e. The Labute approximate surface area is 302 Å². The largest absolute Gasteiger partial charge is 0.394 e. The van der Waals surface area contributed by atoms with E-state index in [9.17, 15) is 15.0 Å². The molecule has 0 aromatic heterocycles. The zero-order chi connectivity index (χ0) is 35.0. The van der Waals surface area contributed by atoms with Gasteiger partial charge in [0.05, 0.1) is 18.8 Å². The quantitative estimate of drug-likeness (QED) is 0.0563. The lowest BCUT2D eigenvalue weighted by Crippen LogP contribution is -2.45. The van der Waals surface area contributed by atoms with Gasteiger partial charge in [0.25, 0.3) is 0 Å². The van der Waals surface area contributed by atoms with E-state index in [0.29, 0.717) is 12.8 Å². The molecule has 0 bridgehead atoms. The zero-order valence-corrected chi connectivity index (χ0v) is 33.0. The van der Waals surface area contributed by atoms with Gasteiger partial charge in [-0.2, -0.15) is 0 Å². The molecule has 0 saturated heterocycles. The predicted octanol–water partition coefficient (Wildman–Crippen LogP) is 13.7. The fourth-order valence-corrected chi connectivity index (χ4v) is 7.19. The van der Waals surface area contributed by atoms with Crippen LogP contribution in [-0.4, -0.2) is 34.9 Å². The molecule has 0 aliphatic carbocycles. The van der Waals surface area contributed by atoms with Crippen LogP contribution >= 0.6 is 0 Å². The highest BCUT2D eigenvalue weighted by molar-refractivity contribution is 5.76. The van der Waals surface area contributed by atoms with E-state index in [-0.39, 0.29) is 12.5 Å². The van der Waals surface area contributed by atoms with Gasteiger partial charge < -0.3 is 15.5 Å². The molecule has 3 N–H and O–H groups in total. The van der Waals surface area contributed by atoms with Gasteiger partial charge >= 0.3 is 0 Å². The van der Waals surface area contributed by atoms with Gasteiger partial charge in [-0.05, 0) is 12.8 Å². The lowest BCUT2D eigenvalue weighted by molar-refractivity contribution is -0.123. The van der Waals surface area contributed by atoms with Crippen molar-refractivity contribution in [2.24, 2.45) is 0 Å². The fraction of sp³-hybridized carbons (Fsp3) is 0.977. The molecule has 0 aromatic rings. The molecule has 0 radical (unpaired) electrons. The van der Waals surface area contributed by atoms with Crippen LogP contribution in [0.15, 0.2) is 0 Å². The highest BCUT2D eigenvalue weighted by Crippen LogP contribution is 2.17. The Hall–Kier alpha value is -0.610. The molecule has 0 aliphatic heterocycles. The van der Waals surface area contributed by atoms with Gasteiger partial charge in [-0.25, -0.2) is 0 Å². The average Bonchev–Trinajstić information content (AvgIpc) is 3.09.